The zero-order chi connectivity index (χ0) is 19.1. The Labute approximate surface area is 158 Å². The molecule has 2 aromatic rings. The van der Waals surface area contributed by atoms with E-state index in [-0.39, 0.29) is 11.9 Å². The molecule has 1 fully saturated rings. The van der Waals surface area contributed by atoms with Gasteiger partial charge in [-0.15, -0.1) is 0 Å². The van der Waals surface area contributed by atoms with Gasteiger partial charge in [-0.25, -0.2) is 4.98 Å². The monoisotopic (exact) mass is 371 g/mol. The van der Waals surface area contributed by atoms with Gasteiger partial charge in [0.2, 0.25) is 0 Å². The maximum atomic E-state index is 12.7. The molecule has 0 radical (unpaired) electrons. The number of carbonyl (C=O) groups excluding carboxylic acids is 1. The van der Waals surface area contributed by atoms with Gasteiger partial charge in [-0.2, -0.15) is 0 Å². The number of nitrogens with two attached hydrogens (primary N) is 1. The van der Waals surface area contributed by atoms with Crippen LogP contribution in [0.1, 0.15) is 23.2 Å². The number of hydrogen-bond acceptors (Lipinski definition) is 7. The number of aromatic nitrogens is 2. The maximum Gasteiger partial charge on any atom is 0.251 e. The molecule has 8 heteroatoms. The highest BCUT2D eigenvalue weighted by Crippen LogP contribution is 2.28. The van der Waals surface area contributed by atoms with Crippen LogP contribution in [0.3, 0.4) is 0 Å². The minimum Gasteiger partial charge on any atom is -0.493 e. The van der Waals surface area contributed by atoms with Gasteiger partial charge in [0.15, 0.2) is 11.5 Å². The van der Waals surface area contributed by atoms with Crippen LogP contribution in [0.25, 0.3) is 0 Å². The van der Waals surface area contributed by atoms with E-state index in [1.165, 1.54) is 0 Å². The molecule has 0 bridgehead atoms. The summed E-state index contributed by atoms with van der Waals surface area (Å²) in [6, 6.07) is 5.19. The Kier molecular flexibility index (Phi) is 6.43. The lowest BCUT2D eigenvalue weighted by Gasteiger charge is -2.33. The average Bonchev–Trinajstić information content (AvgIpc) is 2.72. The number of anilines is 1. The van der Waals surface area contributed by atoms with E-state index in [4.69, 9.17) is 15.2 Å². The predicted octanol–water partition coefficient (Wildman–Crippen LogP) is 1.22. The molecule has 2 heterocycles. The van der Waals surface area contributed by atoms with Crippen molar-refractivity contribution in [3.63, 3.8) is 0 Å². The Balaban J connectivity index is 1.66. The first kappa shape index (κ1) is 18.9. The van der Waals surface area contributed by atoms with Crippen LogP contribution in [0.4, 0.5) is 5.82 Å². The average molecular weight is 371 g/mol. The number of piperidine rings is 1. The van der Waals surface area contributed by atoms with Gasteiger partial charge in [-0.3, -0.25) is 9.78 Å². The summed E-state index contributed by atoms with van der Waals surface area (Å²) in [5, 5.41) is 3.11. The third kappa shape index (κ3) is 4.85. The second-order valence-electron chi connectivity index (χ2n) is 6.33. The van der Waals surface area contributed by atoms with Crippen molar-refractivity contribution < 1.29 is 14.3 Å². The molecule has 1 aromatic heterocycles. The molecule has 8 nitrogen and oxygen atoms in total. The van der Waals surface area contributed by atoms with Gasteiger partial charge >= 0.3 is 0 Å². The molecule has 0 spiro atoms. The zero-order valence-electron chi connectivity index (χ0n) is 15.4. The molecule has 0 unspecified atom stereocenters. The number of ether oxygens (including phenoxy) is 2. The molecule has 1 atom stereocenters. The molecule has 0 saturated carbocycles. The number of methoxy groups -OCH3 is 1. The van der Waals surface area contributed by atoms with Crippen molar-refractivity contribution in [3.8, 4) is 11.5 Å². The summed E-state index contributed by atoms with van der Waals surface area (Å²) < 4.78 is 10.9. The fourth-order valence-corrected chi connectivity index (χ4v) is 3.13. The van der Waals surface area contributed by atoms with Gasteiger partial charge in [0.1, 0.15) is 12.4 Å². The Morgan fingerprint density at radius 3 is 3.00 bits per heavy atom. The first-order valence-electron chi connectivity index (χ1n) is 9.04. The molecule has 1 saturated heterocycles. The minimum atomic E-state index is -0.138. The summed E-state index contributed by atoms with van der Waals surface area (Å²) in [6.45, 7) is 2.36. The largest absolute Gasteiger partial charge is 0.493 e. The van der Waals surface area contributed by atoms with Crippen LogP contribution in [0, 0.1) is 0 Å². The molecule has 3 rings (SSSR count). The number of nitrogens with one attached hydrogen (secondary N) is 1. The second kappa shape index (κ2) is 9.18. The topological polar surface area (TPSA) is 103 Å². The van der Waals surface area contributed by atoms with E-state index in [0.29, 0.717) is 36.8 Å². The Bertz CT molecular complexity index is 756. The summed E-state index contributed by atoms with van der Waals surface area (Å²) in [4.78, 5) is 23.3. The van der Waals surface area contributed by atoms with Crippen LogP contribution >= 0.6 is 0 Å². The second-order valence-corrected chi connectivity index (χ2v) is 6.33. The number of amides is 1. The van der Waals surface area contributed by atoms with Crippen molar-refractivity contribution in [3.05, 3.63) is 42.4 Å². The van der Waals surface area contributed by atoms with Gasteiger partial charge in [-0.1, -0.05) is 0 Å². The molecule has 144 valence electrons. The highest BCUT2D eigenvalue weighted by atomic mass is 16.5. The quantitative estimate of drug-likeness (QED) is 0.754. The van der Waals surface area contributed by atoms with Crippen LogP contribution in [-0.4, -0.2) is 55.3 Å². The molecule has 3 N–H and O–H groups in total. The fraction of sp³-hybridized carbons (Fsp3) is 0.421. The van der Waals surface area contributed by atoms with Crippen LogP contribution in [0.2, 0.25) is 0 Å². The molecular formula is C19H25N5O3. The molecule has 1 amide bonds. The summed E-state index contributed by atoms with van der Waals surface area (Å²) in [6.07, 6.45) is 6.98. The lowest BCUT2D eigenvalue weighted by Crippen LogP contribution is -2.48. The van der Waals surface area contributed by atoms with Crippen molar-refractivity contribution in [2.75, 3.05) is 38.3 Å². The third-order valence-electron chi connectivity index (χ3n) is 4.43. The summed E-state index contributed by atoms with van der Waals surface area (Å²) in [5.74, 6) is 1.78. The first-order chi connectivity index (χ1) is 13.2. The van der Waals surface area contributed by atoms with Crippen molar-refractivity contribution in [1.82, 2.24) is 15.3 Å². The Morgan fingerprint density at radius 1 is 1.37 bits per heavy atom. The maximum absolute atomic E-state index is 12.7. The van der Waals surface area contributed by atoms with E-state index >= 15 is 0 Å². The Hall–Kier alpha value is -2.87. The number of hydrogen-bond donors (Lipinski definition) is 2. The summed E-state index contributed by atoms with van der Waals surface area (Å²) in [5.41, 5.74) is 6.02. The van der Waals surface area contributed by atoms with Crippen molar-refractivity contribution in [2.24, 2.45) is 5.73 Å². The SMILES string of the molecule is COc1ccc(C(=O)N[C@H]2CCCN(c3cnccn3)C2)cc1OCCN. The van der Waals surface area contributed by atoms with E-state index < -0.39 is 0 Å². The molecule has 1 aromatic carbocycles. The Morgan fingerprint density at radius 2 is 2.26 bits per heavy atom. The standard InChI is InChI=1S/C19H25N5O3/c1-26-16-5-4-14(11-17(16)27-10-6-20)19(25)23-15-3-2-9-24(13-15)18-12-21-7-8-22-18/h4-5,7-8,11-12,15H,2-3,6,9-10,13,20H2,1H3,(H,23,25)/t15-/m0/s1. The van der Waals surface area contributed by atoms with E-state index in [9.17, 15) is 4.79 Å². The van der Waals surface area contributed by atoms with Crippen LogP contribution in [-0.2, 0) is 0 Å². The zero-order valence-corrected chi connectivity index (χ0v) is 15.4. The predicted molar refractivity (Wildman–Crippen MR) is 102 cm³/mol. The smallest absolute Gasteiger partial charge is 0.251 e. The number of carbonyl (C=O) groups is 1. The van der Waals surface area contributed by atoms with Crippen LogP contribution in [0.15, 0.2) is 36.8 Å². The van der Waals surface area contributed by atoms with Gasteiger partial charge < -0.3 is 25.4 Å². The van der Waals surface area contributed by atoms with Gasteiger partial charge in [-0.05, 0) is 31.0 Å². The van der Waals surface area contributed by atoms with Crippen LogP contribution in [0.5, 0.6) is 11.5 Å². The number of rotatable bonds is 7. The first-order valence-corrected chi connectivity index (χ1v) is 9.04. The van der Waals surface area contributed by atoms with Crippen molar-refractivity contribution in [2.45, 2.75) is 18.9 Å². The highest BCUT2D eigenvalue weighted by Gasteiger charge is 2.23. The lowest BCUT2D eigenvalue weighted by atomic mass is 10.0. The van der Waals surface area contributed by atoms with Gasteiger partial charge in [0, 0.05) is 43.6 Å². The molecule has 1 aliphatic heterocycles. The van der Waals surface area contributed by atoms with E-state index in [2.05, 4.69) is 20.2 Å². The van der Waals surface area contributed by atoms with E-state index in [1.807, 2.05) is 0 Å². The van der Waals surface area contributed by atoms with Gasteiger partial charge in [0.05, 0.1) is 13.3 Å². The lowest BCUT2D eigenvalue weighted by molar-refractivity contribution is 0.0932. The minimum absolute atomic E-state index is 0.0452. The molecule has 1 aliphatic rings. The highest BCUT2D eigenvalue weighted by molar-refractivity contribution is 5.95. The summed E-state index contributed by atoms with van der Waals surface area (Å²) in [7, 11) is 1.56. The third-order valence-corrected chi connectivity index (χ3v) is 4.43. The van der Waals surface area contributed by atoms with Crippen molar-refractivity contribution in [1.29, 1.82) is 0 Å². The normalized spacial score (nSPS) is 16.7. The molecule has 0 aliphatic carbocycles. The van der Waals surface area contributed by atoms with Crippen LogP contribution < -0.4 is 25.4 Å². The molecular weight excluding hydrogens is 346 g/mol. The molecule has 27 heavy (non-hydrogen) atoms. The van der Waals surface area contributed by atoms with Gasteiger partial charge in [0.25, 0.3) is 5.91 Å². The van der Waals surface area contributed by atoms with Crippen molar-refractivity contribution >= 4 is 11.7 Å². The van der Waals surface area contributed by atoms with E-state index in [1.54, 1.807) is 43.9 Å². The number of benzene rings is 1. The fourth-order valence-electron chi connectivity index (χ4n) is 3.13. The summed E-state index contributed by atoms with van der Waals surface area (Å²) >= 11 is 0. The number of nitrogens with zero attached hydrogens (tertiary/aromatic N) is 3. The van der Waals surface area contributed by atoms with E-state index in [0.717, 1.165) is 25.2 Å².